The molecular weight excluding hydrogens is 198 g/mol. The molecule has 0 fully saturated rings. The average Bonchev–Trinajstić information content (AvgIpc) is 1.63. The van der Waals surface area contributed by atoms with E-state index in [0.29, 0.717) is 0 Å². The van der Waals surface area contributed by atoms with E-state index in [1.165, 1.54) is 0 Å². The van der Waals surface area contributed by atoms with Crippen LogP contribution in [0.1, 0.15) is 6.92 Å². The van der Waals surface area contributed by atoms with Crippen molar-refractivity contribution in [1.29, 1.82) is 0 Å². The standard InChI is InChI=1S/C2H6ClO3P.C2H5Cl/c3-1-2-7(4,5)6;1-2-3/h1-2H2,(H2,4,5,6);2H2,1H3. The molecule has 0 aromatic heterocycles. The van der Waals surface area contributed by atoms with Gasteiger partial charge >= 0.3 is 7.60 Å². The second kappa shape index (κ2) is 7.83. The van der Waals surface area contributed by atoms with E-state index in [2.05, 4.69) is 0 Å². The first-order valence-corrected chi connectivity index (χ1v) is 5.51. The third-order valence-electron chi connectivity index (χ3n) is 0.376. The Labute approximate surface area is 70.5 Å². The Kier molecular flexibility index (Phi) is 10.4. The van der Waals surface area contributed by atoms with Crippen LogP contribution < -0.4 is 0 Å². The van der Waals surface area contributed by atoms with Crippen LogP contribution >= 0.6 is 30.8 Å². The summed E-state index contributed by atoms with van der Waals surface area (Å²) in [7, 11) is -3.80. The Morgan fingerprint density at radius 3 is 1.70 bits per heavy atom. The van der Waals surface area contributed by atoms with Crippen LogP contribution in [0.25, 0.3) is 0 Å². The third-order valence-corrected chi connectivity index (χ3v) is 1.63. The molecule has 0 aromatic rings. The van der Waals surface area contributed by atoms with Gasteiger partial charge in [0.05, 0.1) is 6.16 Å². The lowest BCUT2D eigenvalue weighted by atomic mass is 11.0. The molecule has 0 aliphatic carbocycles. The van der Waals surface area contributed by atoms with Crippen molar-refractivity contribution in [3.05, 3.63) is 0 Å². The molecule has 0 saturated carbocycles. The highest BCUT2D eigenvalue weighted by Crippen LogP contribution is 2.33. The second-order valence-electron chi connectivity index (χ2n) is 1.34. The van der Waals surface area contributed by atoms with Crippen molar-refractivity contribution in [2.75, 3.05) is 17.9 Å². The second-order valence-corrected chi connectivity index (χ2v) is 4.03. The minimum absolute atomic E-state index is 0.0181. The first-order chi connectivity index (χ1) is 4.47. The summed E-state index contributed by atoms with van der Waals surface area (Å²) in [5.74, 6) is 0.740. The summed E-state index contributed by atoms with van der Waals surface area (Å²) in [6, 6.07) is 0. The lowest BCUT2D eigenvalue weighted by molar-refractivity contribution is 0.375. The monoisotopic (exact) mass is 208 g/mol. The van der Waals surface area contributed by atoms with Gasteiger partial charge in [-0.2, -0.15) is 0 Å². The first-order valence-electron chi connectivity index (χ1n) is 2.64. The molecule has 0 radical (unpaired) electrons. The number of halogens is 2. The van der Waals surface area contributed by atoms with E-state index < -0.39 is 7.60 Å². The molecule has 3 nitrogen and oxygen atoms in total. The van der Waals surface area contributed by atoms with Crippen LogP contribution in [0.4, 0.5) is 0 Å². The van der Waals surface area contributed by atoms with Crippen molar-refractivity contribution >= 4 is 30.8 Å². The van der Waals surface area contributed by atoms with Gasteiger partial charge in [0.1, 0.15) is 0 Å². The number of hydrogen-bond donors (Lipinski definition) is 2. The summed E-state index contributed by atoms with van der Waals surface area (Å²) in [4.78, 5) is 16.1. The van der Waals surface area contributed by atoms with Crippen LogP contribution in [0.15, 0.2) is 0 Å². The quantitative estimate of drug-likeness (QED) is 0.536. The van der Waals surface area contributed by atoms with Crippen molar-refractivity contribution in [1.82, 2.24) is 0 Å². The normalized spacial score (nSPS) is 10.1. The van der Waals surface area contributed by atoms with Crippen LogP contribution in [0, 0.1) is 0 Å². The minimum Gasteiger partial charge on any atom is -0.324 e. The maximum atomic E-state index is 9.84. The molecule has 0 aliphatic rings. The molecule has 64 valence electrons. The first kappa shape index (κ1) is 13.3. The Morgan fingerprint density at radius 1 is 1.40 bits per heavy atom. The van der Waals surface area contributed by atoms with Gasteiger partial charge < -0.3 is 9.79 Å². The maximum absolute atomic E-state index is 9.84. The van der Waals surface area contributed by atoms with Gasteiger partial charge in [0.15, 0.2) is 0 Å². The van der Waals surface area contributed by atoms with E-state index in [1.807, 2.05) is 6.92 Å². The fraction of sp³-hybridized carbons (Fsp3) is 1.00. The largest absolute Gasteiger partial charge is 0.326 e. The molecular formula is C4H11Cl2O3P. The van der Waals surface area contributed by atoms with Gasteiger partial charge in [0, 0.05) is 11.8 Å². The van der Waals surface area contributed by atoms with Gasteiger partial charge in [-0.3, -0.25) is 4.57 Å². The van der Waals surface area contributed by atoms with Gasteiger partial charge in [0.2, 0.25) is 0 Å². The van der Waals surface area contributed by atoms with Crippen molar-refractivity contribution in [3.8, 4) is 0 Å². The summed E-state index contributed by atoms with van der Waals surface area (Å²) in [6.07, 6.45) is -0.228. The van der Waals surface area contributed by atoms with Crippen molar-refractivity contribution in [2.24, 2.45) is 0 Å². The highest BCUT2D eigenvalue weighted by Gasteiger charge is 2.09. The van der Waals surface area contributed by atoms with Gasteiger partial charge in [-0.1, -0.05) is 6.92 Å². The van der Waals surface area contributed by atoms with E-state index in [9.17, 15) is 4.57 Å². The van der Waals surface area contributed by atoms with Crippen LogP contribution in [0.3, 0.4) is 0 Å². The molecule has 0 heterocycles. The van der Waals surface area contributed by atoms with Crippen LogP contribution in [0.5, 0.6) is 0 Å². The van der Waals surface area contributed by atoms with Crippen molar-refractivity contribution in [3.63, 3.8) is 0 Å². The summed E-state index contributed by atoms with van der Waals surface area (Å²) in [5, 5.41) is 0. The molecule has 6 heteroatoms. The van der Waals surface area contributed by atoms with Crippen LogP contribution in [-0.4, -0.2) is 27.7 Å². The average molecular weight is 209 g/mol. The molecule has 0 saturated heterocycles. The zero-order valence-corrected chi connectivity index (χ0v) is 8.03. The van der Waals surface area contributed by atoms with E-state index in [4.69, 9.17) is 33.0 Å². The lowest BCUT2D eigenvalue weighted by Crippen LogP contribution is -1.86. The predicted octanol–water partition coefficient (Wildman–Crippen LogP) is 1.65. The highest BCUT2D eigenvalue weighted by atomic mass is 35.5. The van der Waals surface area contributed by atoms with Gasteiger partial charge in [-0.25, -0.2) is 0 Å². The molecule has 0 aromatic carbocycles. The molecule has 2 N–H and O–H groups in total. The molecule has 0 unspecified atom stereocenters. The molecule has 0 amide bonds. The number of alkyl halides is 2. The van der Waals surface area contributed by atoms with E-state index in [-0.39, 0.29) is 12.0 Å². The van der Waals surface area contributed by atoms with E-state index in [0.717, 1.165) is 5.88 Å². The summed E-state index contributed by atoms with van der Waals surface area (Å²) in [5.41, 5.74) is 0. The molecule has 0 bridgehead atoms. The van der Waals surface area contributed by atoms with E-state index >= 15 is 0 Å². The zero-order chi connectivity index (χ0) is 8.62. The summed E-state index contributed by atoms with van der Waals surface area (Å²) >= 11 is 9.99. The fourth-order valence-electron chi connectivity index (χ4n) is 0.110. The van der Waals surface area contributed by atoms with Crippen LogP contribution in [-0.2, 0) is 4.57 Å². The third kappa shape index (κ3) is 23.3. The molecule has 0 aliphatic heterocycles. The van der Waals surface area contributed by atoms with Gasteiger partial charge in [-0.15, -0.1) is 23.2 Å². The van der Waals surface area contributed by atoms with Crippen molar-refractivity contribution in [2.45, 2.75) is 6.92 Å². The molecule has 10 heavy (non-hydrogen) atoms. The smallest absolute Gasteiger partial charge is 0.324 e. The highest BCUT2D eigenvalue weighted by molar-refractivity contribution is 7.51. The van der Waals surface area contributed by atoms with E-state index in [1.54, 1.807) is 0 Å². The Morgan fingerprint density at radius 2 is 1.70 bits per heavy atom. The Balaban J connectivity index is 0. The van der Waals surface area contributed by atoms with Crippen LogP contribution in [0.2, 0.25) is 0 Å². The zero-order valence-electron chi connectivity index (χ0n) is 5.63. The Bertz CT molecular complexity index is 103. The maximum Gasteiger partial charge on any atom is 0.326 e. The van der Waals surface area contributed by atoms with Gasteiger partial charge in [-0.05, 0) is 0 Å². The van der Waals surface area contributed by atoms with Gasteiger partial charge in [0.25, 0.3) is 0 Å². The Hall–Kier alpha value is 0.730. The molecule has 0 rings (SSSR count). The topological polar surface area (TPSA) is 57.5 Å². The molecule has 0 spiro atoms. The lowest BCUT2D eigenvalue weighted by Gasteiger charge is -1.95. The SMILES string of the molecule is CCCl.O=P(O)(O)CCCl. The van der Waals surface area contributed by atoms with Crippen molar-refractivity contribution < 1.29 is 14.4 Å². The number of rotatable bonds is 2. The summed E-state index contributed by atoms with van der Waals surface area (Å²) in [6.45, 7) is 1.89. The molecule has 0 atom stereocenters. The predicted molar refractivity (Wildman–Crippen MR) is 44.0 cm³/mol. The minimum atomic E-state index is -3.80. The fourth-order valence-corrected chi connectivity index (χ4v) is 0.991. The summed E-state index contributed by atoms with van der Waals surface area (Å²) < 4.78 is 9.84. The number of hydrogen-bond acceptors (Lipinski definition) is 1.